The molecule has 0 bridgehead atoms. The standard InChI is InChI=1S/C15H24BrNO/c1-3-5-6-12(4-2)10-17-11-13-7-8-15(18)14(16)9-13/h7-9,12,17-18H,3-6,10-11H2,1-2H3. The van der Waals surface area contributed by atoms with Crippen LogP contribution in [0.2, 0.25) is 0 Å². The number of halogens is 1. The first-order chi connectivity index (χ1) is 8.67. The van der Waals surface area contributed by atoms with E-state index in [1.54, 1.807) is 6.07 Å². The van der Waals surface area contributed by atoms with Gasteiger partial charge in [0.15, 0.2) is 0 Å². The molecule has 18 heavy (non-hydrogen) atoms. The Hall–Kier alpha value is -0.540. The third kappa shape index (κ3) is 5.40. The topological polar surface area (TPSA) is 32.3 Å². The highest BCUT2D eigenvalue weighted by molar-refractivity contribution is 9.10. The van der Waals surface area contributed by atoms with Crippen molar-refractivity contribution >= 4 is 15.9 Å². The van der Waals surface area contributed by atoms with Gasteiger partial charge in [-0.05, 0) is 52.5 Å². The first-order valence-corrected chi connectivity index (χ1v) is 7.64. The molecule has 3 heteroatoms. The van der Waals surface area contributed by atoms with Crippen molar-refractivity contribution in [1.29, 1.82) is 0 Å². The second-order valence-electron chi connectivity index (χ2n) is 4.83. The average molecular weight is 314 g/mol. The first kappa shape index (κ1) is 15.5. The molecule has 102 valence electrons. The van der Waals surface area contributed by atoms with Gasteiger partial charge in [0.05, 0.1) is 4.47 Å². The Bertz CT molecular complexity index is 354. The number of rotatable bonds is 8. The molecule has 0 aliphatic heterocycles. The summed E-state index contributed by atoms with van der Waals surface area (Å²) >= 11 is 3.34. The van der Waals surface area contributed by atoms with E-state index in [9.17, 15) is 5.11 Å². The van der Waals surface area contributed by atoms with Crippen LogP contribution in [0.4, 0.5) is 0 Å². The van der Waals surface area contributed by atoms with Gasteiger partial charge in [-0.3, -0.25) is 0 Å². The van der Waals surface area contributed by atoms with Crippen LogP contribution in [0.1, 0.15) is 45.1 Å². The second kappa shape index (κ2) is 8.54. The average Bonchev–Trinajstić information content (AvgIpc) is 2.37. The van der Waals surface area contributed by atoms with Crippen molar-refractivity contribution in [3.8, 4) is 5.75 Å². The van der Waals surface area contributed by atoms with E-state index in [4.69, 9.17) is 0 Å². The molecular weight excluding hydrogens is 290 g/mol. The molecule has 1 rings (SSSR count). The van der Waals surface area contributed by atoms with Crippen molar-refractivity contribution in [2.75, 3.05) is 6.54 Å². The van der Waals surface area contributed by atoms with Crippen LogP contribution in [0.25, 0.3) is 0 Å². The largest absolute Gasteiger partial charge is 0.507 e. The van der Waals surface area contributed by atoms with Crippen molar-refractivity contribution in [1.82, 2.24) is 5.32 Å². The fraction of sp³-hybridized carbons (Fsp3) is 0.600. The van der Waals surface area contributed by atoms with Gasteiger partial charge in [0.2, 0.25) is 0 Å². The Labute approximate surface area is 119 Å². The highest BCUT2D eigenvalue weighted by Crippen LogP contribution is 2.24. The fourth-order valence-electron chi connectivity index (χ4n) is 2.02. The van der Waals surface area contributed by atoms with E-state index < -0.39 is 0 Å². The minimum absolute atomic E-state index is 0.299. The molecule has 0 aromatic heterocycles. The van der Waals surface area contributed by atoms with Gasteiger partial charge in [0, 0.05) is 6.54 Å². The molecule has 0 fully saturated rings. The van der Waals surface area contributed by atoms with Crippen LogP contribution < -0.4 is 5.32 Å². The zero-order valence-corrected chi connectivity index (χ0v) is 13.0. The maximum absolute atomic E-state index is 9.43. The summed E-state index contributed by atoms with van der Waals surface area (Å²) in [4.78, 5) is 0. The molecule has 0 saturated carbocycles. The lowest BCUT2D eigenvalue weighted by Gasteiger charge is -2.15. The SMILES string of the molecule is CCCCC(CC)CNCc1ccc(O)c(Br)c1. The number of benzene rings is 1. The summed E-state index contributed by atoms with van der Waals surface area (Å²) in [7, 11) is 0. The summed E-state index contributed by atoms with van der Waals surface area (Å²) < 4.78 is 0.764. The molecule has 1 atom stereocenters. The molecule has 0 amide bonds. The lowest BCUT2D eigenvalue weighted by Crippen LogP contribution is -2.22. The third-order valence-electron chi connectivity index (χ3n) is 3.32. The lowest BCUT2D eigenvalue weighted by atomic mass is 9.99. The normalized spacial score (nSPS) is 12.6. The van der Waals surface area contributed by atoms with E-state index in [1.807, 2.05) is 12.1 Å². The predicted octanol–water partition coefficient (Wildman–Crippen LogP) is 4.46. The summed E-state index contributed by atoms with van der Waals surface area (Å²) in [6.07, 6.45) is 5.16. The van der Waals surface area contributed by atoms with Crippen LogP contribution in [-0.2, 0) is 6.54 Å². The van der Waals surface area contributed by atoms with E-state index in [1.165, 1.54) is 31.2 Å². The molecule has 1 aromatic rings. The Balaban J connectivity index is 2.33. The molecule has 0 heterocycles. The number of unbranched alkanes of at least 4 members (excludes halogenated alkanes) is 1. The number of aromatic hydroxyl groups is 1. The maximum Gasteiger partial charge on any atom is 0.129 e. The van der Waals surface area contributed by atoms with Crippen LogP contribution >= 0.6 is 15.9 Å². The van der Waals surface area contributed by atoms with Crippen molar-refractivity contribution in [3.63, 3.8) is 0 Å². The molecule has 0 spiro atoms. The highest BCUT2D eigenvalue weighted by atomic mass is 79.9. The smallest absolute Gasteiger partial charge is 0.129 e. The second-order valence-corrected chi connectivity index (χ2v) is 5.69. The van der Waals surface area contributed by atoms with E-state index in [2.05, 4.69) is 35.1 Å². The number of phenolic OH excluding ortho intramolecular Hbond substituents is 1. The lowest BCUT2D eigenvalue weighted by molar-refractivity contribution is 0.419. The van der Waals surface area contributed by atoms with Crippen LogP contribution in [0.3, 0.4) is 0 Å². The Morgan fingerprint density at radius 2 is 2.11 bits per heavy atom. The Kier molecular flexibility index (Phi) is 7.36. The molecule has 2 N–H and O–H groups in total. The van der Waals surface area contributed by atoms with Gasteiger partial charge in [0.25, 0.3) is 0 Å². The number of phenols is 1. The summed E-state index contributed by atoms with van der Waals surface area (Å²) in [6, 6.07) is 5.66. The molecule has 0 aliphatic rings. The molecule has 1 unspecified atom stereocenters. The zero-order chi connectivity index (χ0) is 13.4. The summed E-state index contributed by atoms with van der Waals surface area (Å²) in [5.41, 5.74) is 1.20. The van der Waals surface area contributed by atoms with Gasteiger partial charge >= 0.3 is 0 Å². The van der Waals surface area contributed by atoms with Crippen molar-refractivity contribution in [2.45, 2.75) is 46.1 Å². The zero-order valence-electron chi connectivity index (χ0n) is 11.4. The van der Waals surface area contributed by atoms with Gasteiger partial charge in [0.1, 0.15) is 5.75 Å². The number of nitrogens with one attached hydrogen (secondary N) is 1. The van der Waals surface area contributed by atoms with Gasteiger partial charge < -0.3 is 10.4 Å². The van der Waals surface area contributed by atoms with Crippen molar-refractivity contribution in [3.05, 3.63) is 28.2 Å². The quantitative estimate of drug-likeness (QED) is 0.742. The van der Waals surface area contributed by atoms with E-state index in [-0.39, 0.29) is 0 Å². The Morgan fingerprint density at radius 1 is 1.33 bits per heavy atom. The molecule has 1 aromatic carbocycles. The molecule has 2 nitrogen and oxygen atoms in total. The fourth-order valence-corrected chi connectivity index (χ4v) is 2.45. The summed E-state index contributed by atoms with van der Waals surface area (Å²) in [6.45, 7) is 6.45. The number of hydrogen-bond acceptors (Lipinski definition) is 2. The van der Waals surface area contributed by atoms with Crippen LogP contribution in [0.15, 0.2) is 22.7 Å². The van der Waals surface area contributed by atoms with Gasteiger partial charge in [-0.25, -0.2) is 0 Å². The van der Waals surface area contributed by atoms with Gasteiger partial charge in [-0.15, -0.1) is 0 Å². The molecule has 0 aliphatic carbocycles. The van der Waals surface area contributed by atoms with Gasteiger partial charge in [-0.1, -0.05) is 39.2 Å². The van der Waals surface area contributed by atoms with Gasteiger partial charge in [-0.2, -0.15) is 0 Å². The van der Waals surface area contributed by atoms with Crippen molar-refractivity contribution < 1.29 is 5.11 Å². The van der Waals surface area contributed by atoms with Crippen LogP contribution in [0.5, 0.6) is 5.75 Å². The van der Waals surface area contributed by atoms with Crippen LogP contribution in [-0.4, -0.2) is 11.7 Å². The minimum Gasteiger partial charge on any atom is -0.507 e. The highest BCUT2D eigenvalue weighted by Gasteiger charge is 2.05. The molecule has 0 radical (unpaired) electrons. The van der Waals surface area contributed by atoms with Crippen molar-refractivity contribution in [2.24, 2.45) is 5.92 Å². The Morgan fingerprint density at radius 3 is 2.72 bits per heavy atom. The minimum atomic E-state index is 0.299. The summed E-state index contributed by atoms with van der Waals surface area (Å²) in [5, 5.41) is 12.9. The third-order valence-corrected chi connectivity index (χ3v) is 3.95. The van der Waals surface area contributed by atoms with E-state index in [0.29, 0.717) is 5.75 Å². The van der Waals surface area contributed by atoms with E-state index in [0.717, 1.165) is 23.5 Å². The monoisotopic (exact) mass is 313 g/mol. The maximum atomic E-state index is 9.43. The van der Waals surface area contributed by atoms with Crippen LogP contribution in [0, 0.1) is 5.92 Å². The predicted molar refractivity (Wildman–Crippen MR) is 80.8 cm³/mol. The number of hydrogen-bond donors (Lipinski definition) is 2. The first-order valence-electron chi connectivity index (χ1n) is 6.85. The van der Waals surface area contributed by atoms with E-state index >= 15 is 0 Å². The summed E-state index contributed by atoms with van der Waals surface area (Å²) in [5.74, 6) is 1.08. The molecular formula is C15H24BrNO. The molecule has 0 saturated heterocycles.